The Hall–Kier alpha value is -1.39. The van der Waals surface area contributed by atoms with Gasteiger partial charge in [-0.15, -0.1) is 0 Å². The van der Waals surface area contributed by atoms with E-state index in [0.717, 1.165) is 6.42 Å². The second kappa shape index (κ2) is 4.42. The molecule has 5 nitrogen and oxygen atoms in total. The lowest BCUT2D eigenvalue weighted by atomic mass is 10.2. The van der Waals surface area contributed by atoms with Crippen LogP contribution in [0.15, 0.2) is 0 Å². The summed E-state index contributed by atoms with van der Waals surface area (Å²) in [6.07, 6.45) is 0.145. The van der Waals surface area contributed by atoms with Crippen LogP contribution < -0.4 is 0 Å². The highest BCUT2D eigenvalue weighted by atomic mass is 16.6. The molecule has 0 aromatic carbocycles. The third-order valence-corrected chi connectivity index (χ3v) is 2.28. The predicted molar refractivity (Wildman–Crippen MR) is 52.4 cm³/mol. The fourth-order valence-corrected chi connectivity index (χ4v) is 1.56. The summed E-state index contributed by atoms with van der Waals surface area (Å²) in [5.74, 6) is -0.354. The first kappa shape index (κ1) is 11.7. The third-order valence-electron chi connectivity index (χ3n) is 2.28. The number of amides is 1. The molecule has 1 aliphatic heterocycles. The first-order chi connectivity index (χ1) is 7.00. The number of hydrogen-bond donors (Lipinski definition) is 0. The van der Waals surface area contributed by atoms with Crippen LogP contribution in [-0.2, 0) is 14.3 Å². The highest BCUT2D eigenvalue weighted by Gasteiger charge is 2.57. The van der Waals surface area contributed by atoms with Crippen molar-refractivity contribution in [2.45, 2.75) is 39.3 Å². The van der Waals surface area contributed by atoms with Crippen molar-refractivity contribution in [2.75, 3.05) is 6.61 Å². The van der Waals surface area contributed by atoms with Gasteiger partial charge in [-0.05, 0) is 20.3 Å². The van der Waals surface area contributed by atoms with E-state index in [1.54, 1.807) is 0 Å². The number of carbonyl (C=O) groups excluding carboxylic acids is 3. The van der Waals surface area contributed by atoms with Crippen molar-refractivity contribution in [1.82, 2.24) is 4.90 Å². The zero-order valence-electron chi connectivity index (χ0n) is 9.15. The van der Waals surface area contributed by atoms with E-state index in [-0.39, 0.29) is 11.6 Å². The lowest BCUT2D eigenvalue weighted by Gasteiger charge is -2.04. The van der Waals surface area contributed by atoms with Crippen molar-refractivity contribution < 1.29 is 19.1 Å². The summed E-state index contributed by atoms with van der Waals surface area (Å²) >= 11 is 0. The van der Waals surface area contributed by atoms with Crippen LogP contribution in [0, 0.1) is 0 Å². The molecule has 2 atom stereocenters. The summed E-state index contributed by atoms with van der Waals surface area (Å²) in [7, 11) is 0. The van der Waals surface area contributed by atoms with Gasteiger partial charge in [-0.3, -0.25) is 14.5 Å². The minimum Gasteiger partial charge on any atom is -0.449 e. The van der Waals surface area contributed by atoms with Gasteiger partial charge in [0, 0.05) is 0 Å². The molecular formula is C10H15NO4. The molecule has 0 unspecified atom stereocenters. The molecule has 15 heavy (non-hydrogen) atoms. The lowest BCUT2D eigenvalue weighted by molar-refractivity contribution is -0.120. The van der Waals surface area contributed by atoms with Gasteiger partial charge in [0.2, 0.25) is 0 Å². The molecule has 1 fully saturated rings. The van der Waals surface area contributed by atoms with Crippen LogP contribution in [-0.4, -0.2) is 41.3 Å². The van der Waals surface area contributed by atoms with E-state index < -0.39 is 18.2 Å². The molecule has 0 spiro atoms. The molecule has 0 saturated carbocycles. The van der Waals surface area contributed by atoms with Crippen LogP contribution in [0.25, 0.3) is 0 Å². The molecule has 1 amide bonds. The largest absolute Gasteiger partial charge is 0.449 e. The smallest absolute Gasteiger partial charge is 0.411 e. The van der Waals surface area contributed by atoms with Gasteiger partial charge in [-0.2, -0.15) is 0 Å². The molecule has 1 aliphatic rings. The van der Waals surface area contributed by atoms with Crippen molar-refractivity contribution >= 4 is 17.7 Å². The molecule has 1 saturated heterocycles. The van der Waals surface area contributed by atoms with E-state index in [0.29, 0.717) is 6.61 Å². The average Bonchev–Trinajstić information content (AvgIpc) is 2.88. The van der Waals surface area contributed by atoms with Gasteiger partial charge in [0.25, 0.3) is 0 Å². The van der Waals surface area contributed by atoms with Gasteiger partial charge in [0.1, 0.15) is 12.1 Å². The van der Waals surface area contributed by atoms with Crippen LogP contribution in [0.2, 0.25) is 0 Å². The van der Waals surface area contributed by atoms with Gasteiger partial charge in [-0.25, -0.2) is 4.79 Å². The summed E-state index contributed by atoms with van der Waals surface area (Å²) in [5.41, 5.74) is 0. The van der Waals surface area contributed by atoms with Crippen LogP contribution >= 0.6 is 0 Å². The van der Waals surface area contributed by atoms with Crippen LogP contribution in [0.5, 0.6) is 0 Å². The molecule has 5 heteroatoms. The molecule has 0 aromatic heterocycles. The van der Waals surface area contributed by atoms with E-state index in [1.165, 1.54) is 18.7 Å². The number of ether oxygens (including phenoxy) is 1. The maximum atomic E-state index is 11.4. The van der Waals surface area contributed by atoms with Crippen LogP contribution in [0.3, 0.4) is 0 Å². The van der Waals surface area contributed by atoms with E-state index in [2.05, 4.69) is 0 Å². The highest BCUT2D eigenvalue weighted by Crippen LogP contribution is 2.30. The standard InChI is InChI=1S/C10H15NO4/c1-4-5-15-10(14)11-8(6(2)12)9(11)7(3)13/h8-9H,4-5H2,1-3H3/t8-,9-/m0/s1. The molecule has 1 heterocycles. The van der Waals surface area contributed by atoms with Gasteiger partial charge in [-0.1, -0.05) is 6.92 Å². The fraction of sp³-hybridized carbons (Fsp3) is 0.700. The Morgan fingerprint density at radius 1 is 1.13 bits per heavy atom. The summed E-state index contributed by atoms with van der Waals surface area (Å²) < 4.78 is 4.86. The van der Waals surface area contributed by atoms with Crippen molar-refractivity contribution in [3.05, 3.63) is 0 Å². The first-order valence-corrected chi connectivity index (χ1v) is 4.96. The molecule has 0 bridgehead atoms. The normalized spacial score (nSPS) is 23.5. The molecule has 0 aromatic rings. The Bertz CT molecular complexity index is 280. The van der Waals surface area contributed by atoms with Gasteiger partial charge < -0.3 is 4.74 Å². The first-order valence-electron chi connectivity index (χ1n) is 4.96. The van der Waals surface area contributed by atoms with Crippen molar-refractivity contribution in [2.24, 2.45) is 0 Å². The number of nitrogens with zero attached hydrogens (tertiary/aromatic N) is 1. The van der Waals surface area contributed by atoms with Crippen molar-refractivity contribution in [1.29, 1.82) is 0 Å². The van der Waals surface area contributed by atoms with E-state index in [1.807, 2.05) is 6.92 Å². The van der Waals surface area contributed by atoms with Crippen molar-refractivity contribution in [3.63, 3.8) is 0 Å². The second-order valence-corrected chi connectivity index (χ2v) is 3.63. The summed E-state index contributed by atoms with van der Waals surface area (Å²) in [6, 6.07) is -1.21. The number of carbonyl (C=O) groups is 3. The lowest BCUT2D eigenvalue weighted by Crippen LogP contribution is -2.19. The zero-order chi connectivity index (χ0) is 11.6. The Morgan fingerprint density at radius 2 is 1.60 bits per heavy atom. The van der Waals surface area contributed by atoms with E-state index >= 15 is 0 Å². The molecule has 0 N–H and O–H groups in total. The number of rotatable bonds is 4. The Balaban J connectivity index is 2.59. The third kappa shape index (κ3) is 2.34. The number of ketones is 2. The van der Waals surface area contributed by atoms with E-state index in [9.17, 15) is 14.4 Å². The van der Waals surface area contributed by atoms with Gasteiger partial charge in [0.05, 0.1) is 6.61 Å². The topological polar surface area (TPSA) is 63.5 Å². The monoisotopic (exact) mass is 213 g/mol. The minimum absolute atomic E-state index is 0.177. The fourth-order valence-electron chi connectivity index (χ4n) is 1.56. The number of hydrogen-bond acceptors (Lipinski definition) is 4. The van der Waals surface area contributed by atoms with Crippen molar-refractivity contribution in [3.8, 4) is 0 Å². The molecular weight excluding hydrogens is 198 g/mol. The Morgan fingerprint density at radius 3 is 1.93 bits per heavy atom. The maximum absolute atomic E-state index is 11.4. The summed E-state index contributed by atoms with van der Waals surface area (Å²) in [6.45, 7) is 4.92. The molecule has 1 rings (SSSR count). The van der Waals surface area contributed by atoms with E-state index in [4.69, 9.17) is 4.74 Å². The minimum atomic E-state index is -0.605. The Kier molecular flexibility index (Phi) is 3.44. The van der Waals surface area contributed by atoms with Crippen LogP contribution in [0.1, 0.15) is 27.2 Å². The predicted octanol–water partition coefficient (Wildman–Crippen LogP) is 0.764. The summed E-state index contributed by atoms with van der Waals surface area (Å²) in [4.78, 5) is 34.8. The molecule has 0 aliphatic carbocycles. The molecule has 0 radical (unpaired) electrons. The van der Waals surface area contributed by atoms with Gasteiger partial charge in [0.15, 0.2) is 11.6 Å². The summed E-state index contributed by atoms with van der Waals surface area (Å²) in [5, 5.41) is 0. The quantitative estimate of drug-likeness (QED) is 0.647. The maximum Gasteiger partial charge on any atom is 0.411 e. The highest BCUT2D eigenvalue weighted by molar-refractivity contribution is 6.02. The second-order valence-electron chi connectivity index (χ2n) is 3.63. The SMILES string of the molecule is CCCOC(=O)N1[C@@H](C(C)=O)[C@@H]1C(C)=O. The number of Topliss-reactive ketones (excluding diaryl/α,β-unsaturated/α-hetero) is 2. The Labute approximate surface area is 88.4 Å². The van der Waals surface area contributed by atoms with Gasteiger partial charge >= 0.3 is 6.09 Å². The van der Waals surface area contributed by atoms with Crippen LogP contribution in [0.4, 0.5) is 4.79 Å². The zero-order valence-corrected chi connectivity index (χ0v) is 9.15. The molecule has 84 valence electrons. The average molecular weight is 213 g/mol.